The Morgan fingerprint density at radius 3 is 1.95 bits per heavy atom. The summed E-state index contributed by atoms with van der Waals surface area (Å²) < 4.78 is 19.3. The summed E-state index contributed by atoms with van der Waals surface area (Å²) in [5, 5.41) is 7.17. The summed E-state index contributed by atoms with van der Waals surface area (Å²) >= 11 is 0. The molecule has 4 heterocycles. The van der Waals surface area contributed by atoms with Gasteiger partial charge in [0.15, 0.2) is 0 Å². The summed E-state index contributed by atoms with van der Waals surface area (Å²) in [6.07, 6.45) is 0. The second kappa shape index (κ2) is 11.8. The van der Waals surface area contributed by atoms with Gasteiger partial charge in [0, 0.05) is 50.0 Å². The molecule has 58 heavy (non-hydrogen) atoms. The molecule has 0 atom stereocenters. The highest BCUT2D eigenvalue weighted by Gasteiger charge is 2.43. The predicted octanol–water partition coefficient (Wildman–Crippen LogP) is 11.7. The maximum Gasteiger partial charge on any atom is 0.260 e. The predicted molar refractivity (Wildman–Crippen MR) is 240 cm³/mol. The Morgan fingerprint density at radius 1 is 0.414 bits per heavy atom. The van der Waals surface area contributed by atoms with Crippen molar-refractivity contribution in [3.05, 3.63) is 188 Å². The Morgan fingerprint density at radius 2 is 1.10 bits per heavy atom. The molecule has 9 aromatic carbocycles. The second-order valence-electron chi connectivity index (χ2n) is 15.7. The monoisotopic (exact) mass is 740 g/mol. The van der Waals surface area contributed by atoms with Gasteiger partial charge in [0.1, 0.15) is 23.0 Å². The van der Waals surface area contributed by atoms with Crippen LogP contribution in [0.5, 0.6) is 23.0 Å². The highest BCUT2D eigenvalue weighted by Crippen LogP contribution is 2.46. The van der Waals surface area contributed by atoms with Gasteiger partial charge in [-0.15, -0.1) is 0 Å². The minimum absolute atomic E-state index is 0.150. The van der Waals surface area contributed by atoms with E-state index in [9.17, 15) is 0 Å². The summed E-state index contributed by atoms with van der Waals surface area (Å²) in [6.45, 7) is 2.03. The van der Waals surface area contributed by atoms with Crippen LogP contribution in [0.2, 0.25) is 0 Å². The normalized spacial score (nSPS) is 12.8. The van der Waals surface area contributed by atoms with Crippen molar-refractivity contribution >= 4 is 77.5 Å². The average molecular weight is 741 g/mol. The number of aryl methyl sites for hydroxylation is 1. The van der Waals surface area contributed by atoms with Crippen molar-refractivity contribution in [1.82, 2.24) is 9.13 Å². The second-order valence-corrected chi connectivity index (χ2v) is 15.7. The van der Waals surface area contributed by atoms with Gasteiger partial charge in [0.2, 0.25) is 0 Å². The first-order chi connectivity index (χ1) is 28.7. The van der Waals surface area contributed by atoms with Crippen LogP contribution in [0.15, 0.2) is 182 Å². The van der Waals surface area contributed by atoms with Gasteiger partial charge in [-0.2, -0.15) is 0 Å². The molecule has 2 aliphatic rings. The summed E-state index contributed by atoms with van der Waals surface area (Å²) in [7, 11) is 0. The van der Waals surface area contributed by atoms with Crippen LogP contribution in [0.4, 0.5) is 0 Å². The lowest BCUT2D eigenvalue weighted by Gasteiger charge is -2.34. The van der Waals surface area contributed by atoms with Crippen molar-refractivity contribution < 1.29 is 9.47 Å². The molecule has 4 nitrogen and oxygen atoms in total. The van der Waals surface area contributed by atoms with E-state index in [0.717, 1.165) is 78.4 Å². The first-order valence-corrected chi connectivity index (χ1v) is 20.0. The Bertz CT molecular complexity index is 3520. The van der Waals surface area contributed by atoms with E-state index < -0.39 is 0 Å². The van der Waals surface area contributed by atoms with Gasteiger partial charge in [0.05, 0.1) is 22.1 Å². The average Bonchev–Trinajstić information content (AvgIpc) is 3.78. The van der Waals surface area contributed by atoms with Gasteiger partial charge in [-0.3, -0.25) is 0 Å². The number of ether oxygens (including phenoxy) is 2. The lowest BCUT2D eigenvalue weighted by Crippen LogP contribution is -2.57. The number of aromatic nitrogens is 2. The Kier molecular flexibility index (Phi) is 6.43. The SMILES string of the molecule is Cc1ccc2c(c1)c1cc3c(cc1n2-c1ccccc1)Oc1c(-c2cccc4ccccc24)ccc2c1B3c1ccc3c4ccccc4n(-c4ccccc4)c3c1O2. The molecule has 0 amide bonds. The van der Waals surface area contributed by atoms with E-state index in [1.165, 1.54) is 43.4 Å². The third-order valence-electron chi connectivity index (χ3n) is 12.5. The molecule has 0 aliphatic carbocycles. The van der Waals surface area contributed by atoms with Crippen LogP contribution >= 0.6 is 0 Å². The maximum atomic E-state index is 7.32. The Labute approximate surface area is 334 Å². The molecule has 0 spiro atoms. The standard InChI is InChI=1S/C53H33BN2O2/c1-32-23-27-46-41(29-32)42-30-44-49(31-47(42)55(46)34-15-4-2-5-16-34)58-52-40(37-21-12-14-33-13-8-9-19-36(33)37)25-28-48-50(52)54(44)43-26-24-39-38-20-10-11-22-45(38)56(51(39)53(43)57-48)35-17-6-3-7-18-35/h2-31H,1H3. The van der Waals surface area contributed by atoms with Gasteiger partial charge < -0.3 is 18.6 Å². The Balaban J connectivity index is 1.15. The topological polar surface area (TPSA) is 28.3 Å². The zero-order valence-corrected chi connectivity index (χ0v) is 31.6. The van der Waals surface area contributed by atoms with Crippen LogP contribution in [0.1, 0.15) is 5.56 Å². The molecule has 13 rings (SSSR count). The van der Waals surface area contributed by atoms with Crippen molar-refractivity contribution in [2.75, 3.05) is 0 Å². The van der Waals surface area contributed by atoms with Gasteiger partial charge in [-0.25, -0.2) is 0 Å². The van der Waals surface area contributed by atoms with Crippen molar-refractivity contribution in [2.45, 2.75) is 6.92 Å². The fourth-order valence-corrected chi connectivity index (χ4v) is 9.99. The van der Waals surface area contributed by atoms with E-state index in [1.807, 2.05) is 0 Å². The minimum Gasteiger partial charge on any atom is -0.458 e. The first kappa shape index (κ1) is 31.7. The minimum atomic E-state index is -0.150. The number of benzene rings is 9. The maximum absolute atomic E-state index is 7.32. The van der Waals surface area contributed by atoms with Crippen LogP contribution in [0, 0.1) is 6.92 Å². The quantitative estimate of drug-likeness (QED) is 0.169. The first-order valence-electron chi connectivity index (χ1n) is 20.0. The molecule has 2 aliphatic heterocycles. The molecule has 5 heteroatoms. The summed E-state index contributed by atoms with van der Waals surface area (Å²) in [6, 6.07) is 65.6. The molecule has 0 saturated heterocycles. The van der Waals surface area contributed by atoms with Crippen molar-refractivity contribution in [2.24, 2.45) is 0 Å². The van der Waals surface area contributed by atoms with Crippen LogP contribution in [-0.2, 0) is 0 Å². The number of rotatable bonds is 3. The number of para-hydroxylation sites is 3. The molecule has 0 unspecified atom stereocenters. The summed E-state index contributed by atoms with van der Waals surface area (Å²) in [5.74, 6) is 3.41. The fraction of sp³-hybridized carbons (Fsp3) is 0.0189. The van der Waals surface area contributed by atoms with Gasteiger partial charge in [-0.1, -0.05) is 127 Å². The number of nitrogens with zero attached hydrogens (tertiary/aromatic N) is 2. The number of hydrogen-bond acceptors (Lipinski definition) is 2. The molecule has 0 saturated carbocycles. The molecule has 0 radical (unpaired) electrons. The molecule has 0 bridgehead atoms. The van der Waals surface area contributed by atoms with Crippen LogP contribution in [0.25, 0.3) is 76.9 Å². The highest BCUT2D eigenvalue weighted by molar-refractivity contribution is 6.98. The molecule has 270 valence electrons. The van der Waals surface area contributed by atoms with Gasteiger partial charge in [0.25, 0.3) is 6.71 Å². The zero-order chi connectivity index (χ0) is 38.1. The van der Waals surface area contributed by atoms with Crippen LogP contribution < -0.4 is 25.9 Å². The Hall–Kier alpha value is -7.50. The van der Waals surface area contributed by atoms with Crippen molar-refractivity contribution in [1.29, 1.82) is 0 Å². The van der Waals surface area contributed by atoms with Gasteiger partial charge >= 0.3 is 0 Å². The highest BCUT2D eigenvalue weighted by atomic mass is 16.5. The summed E-state index contributed by atoms with van der Waals surface area (Å²) in [4.78, 5) is 0. The lowest BCUT2D eigenvalue weighted by molar-refractivity contribution is 0.468. The van der Waals surface area contributed by atoms with E-state index in [0.29, 0.717) is 0 Å². The summed E-state index contributed by atoms with van der Waals surface area (Å²) in [5.41, 5.74) is 13.5. The number of hydrogen-bond donors (Lipinski definition) is 0. The van der Waals surface area contributed by atoms with E-state index in [4.69, 9.17) is 9.47 Å². The van der Waals surface area contributed by atoms with Crippen molar-refractivity contribution in [3.8, 4) is 45.5 Å². The van der Waals surface area contributed by atoms with E-state index in [2.05, 4.69) is 198 Å². The smallest absolute Gasteiger partial charge is 0.260 e. The fourth-order valence-electron chi connectivity index (χ4n) is 9.99. The van der Waals surface area contributed by atoms with E-state index >= 15 is 0 Å². The van der Waals surface area contributed by atoms with E-state index in [-0.39, 0.29) is 6.71 Å². The molecular formula is C53H33BN2O2. The van der Waals surface area contributed by atoms with E-state index in [1.54, 1.807) is 0 Å². The van der Waals surface area contributed by atoms with Gasteiger partial charge in [-0.05, 0) is 88.8 Å². The molecule has 2 aromatic heterocycles. The molecule has 0 N–H and O–H groups in total. The van der Waals surface area contributed by atoms with Crippen molar-refractivity contribution in [3.63, 3.8) is 0 Å². The third kappa shape index (κ3) is 4.30. The molecule has 11 aromatic rings. The third-order valence-corrected chi connectivity index (χ3v) is 12.5. The van der Waals surface area contributed by atoms with Crippen LogP contribution in [-0.4, -0.2) is 15.8 Å². The van der Waals surface area contributed by atoms with Crippen LogP contribution in [0.3, 0.4) is 0 Å². The zero-order valence-electron chi connectivity index (χ0n) is 31.6. The number of fused-ring (bicyclic) bond motifs is 12. The lowest BCUT2D eigenvalue weighted by atomic mass is 9.34. The largest absolute Gasteiger partial charge is 0.458 e. The molecule has 0 fully saturated rings. The molecular weight excluding hydrogens is 707 g/mol.